The van der Waals surface area contributed by atoms with E-state index >= 15 is 0 Å². The molecule has 0 aromatic carbocycles. The van der Waals surface area contributed by atoms with Crippen molar-refractivity contribution < 1.29 is 4.74 Å². The predicted octanol–water partition coefficient (Wildman–Crippen LogP) is 2.79. The number of ether oxygens (including phenoxy) is 1. The molecule has 23 heavy (non-hydrogen) atoms. The summed E-state index contributed by atoms with van der Waals surface area (Å²) < 4.78 is 5.85. The van der Waals surface area contributed by atoms with Crippen molar-refractivity contribution in [2.24, 2.45) is 4.99 Å². The van der Waals surface area contributed by atoms with Crippen LogP contribution in [0.15, 0.2) is 23.3 Å². The van der Waals surface area contributed by atoms with E-state index in [1.165, 1.54) is 25.7 Å². The van der Waals surface area contributed by atoms with Crippen LogP contribution in [0.3, 0.4) is 0 Å². The molecule has 0 spiro atoms. The highest BCUT2D eigenvalue weighted by molar-refractivity contribution is 6.29. The van der Waals surface area contributed by atoms with Gasteiger partial charge in [0.2, 0.25) is 0 Å². The molecule has 0 aliphatic heterocycles. The minimum atomic E-state index is 0.500. The van der Waals surface area contributed by atoms with E-state index in [0.717, 1.165) is 44.1 Å². The lowest BCUT2D eigenvalue weighted by atomic mass is 10.2. The van der Waals surface area contributed by atoms with Gasteiger partial charge in [0.1, 0.15) is 5.15 Å². The molecule has 0 saturated heterocycles. The van der Waals surface area contributed by atoms with Gasteiger partial charge >= 0.3 is 0 Å². The van der Waals surface area contributed by atoms with Gasteiger partial charge in [-0.2, -0.15) is 0 Å². The SMILES string of the molecule is CN=C(NCCCOC1CCCC1)NCCc1ccc(Cl)nc1. The molecular formula is C17H27ClN4O. The third-order valence-corrected chi connectivity index (χ3v) is 4.21. The summed E-state index contributed by atoms with van der Waals surface area (Å²) >= 11 is 5.78. The highest BCUT2D eigenvalue weighted by Gasteiger charge is 2.14. The van der Waals surface area contributed by atoms with E-state index in [9.17, 15) is 0 Å². The van der Waals surface area contributed by atoms with Gasteiger partial charge in [0.05, 0.1) is 6.10 Å². The van der Waals surface area contributed by atoms with Gasteiger partial charge in [-0.25, -0.2) is 4.98 Å². The summed E-state index contributed by atoms with van der Waals surface area (Å²) in [5, 5.41) is 7.14. The van der Waals surface area contributed by atoms with Gasteiger partial charge in [0.25, 0.3) is 0 Å². The van der Waals surface area contributed by atoms with Crippen molar-refractivity contribution in [1.82, 2.24) is 15.6 Å². The van der Waals surface area contributed by atoms with Crippen LogP contribution in [-0.2, 0) is 11.2 Å². The van der Waals surface area contributed by atoms with Crippen molar-refractivity contribution in [3.63, 3.8) is 0 Å². The van der Waals surface area contributed by atoms with Crippen LogP contribution in [0.2, 0.25) is 5.15 Å². The van der Waals surface area contributed by atoms with Crippen LogP contribution in [0, 0.1) is 0 Å². The second kappa shape index (κ2) is 10.4. The maximum absolute atomic E-state index is 5.85. The number of aromatic nitrogens is 1. The van der Waals surface area contributed by atoms with Gasteiger partial charge in [0.15, 0.2) is 5.96 Å². The third kappa shape index (κ3) is 7.18. The highest BCUT2D eigenvalue weighted by Crippen LogP contribution is 2.20. The number of pyridine rings is 1. The Labute approximate surface area is 143 Å². The topological polar surface area (TPSA) is 58.5 Å². The van der Waals surface area contributed by atoms with E-state index in [0.29, 0.717) is 11.3 Å². The Morgan fingerprint density at radius 2 is 2.09 bits per heavy atom. The van der Waals surface area contributed by atoms with Crippen LogP contribution in [0.1, 0.15) is 37.7 Å². The number of guanidine groups is 1. The molecule has 0 amide bonds. The number of hydrogen-bond acceptors (Lipinski definition) is 3. The smallest absolute Gasteiger partial charge is 0.190 e. The van der Waals surface area contributed by atoms with Gasteiger partial charge in [-0.1, -0.05) is 30.5 Å². The number of halogens is 1. The molecule has 5 nitrogen and oxygen atoms in total. The summed E-state index contributed by atoms with van der Waals surface area (Å²) in [6.45, 7) is 2.50. The van der Waals surface area contributed by atoms with Gasteiger partial charge in [-0.05, 0) is 37.3 Å². The Kier molecular flexibility index (Phi) is 8.18. The van der Waals surface area contributed by atoms with E-state index in [2.05, 4.69) is 20.6 Å². The van der Waals surface area contributed by atoms with Gasteiger partial charge < -0.3 is 15.4 Å². The first-order valence-electron chi connectivity index (χ1n) is 8.44. The number of nitrogens with zero attached hydrogens (tertiary/aromatic N) is 2. The second-order valence-electron chi connectivity index (χ2n) is 5.80. The molecule has 0 radical (unpaired) electrons. The Hall–Kier alpha value is -1.33. The van der Waals surface area contributed by atoms with Gasteiger partial charge in [-0.15, -0.1) is 0 Å². The molecule has 6 heteroatoms. The summed E-state index contributed by atoms with van der Waals surface area (Å²) in [4.78, 5) is 8.30. The summed E-state index contributed by atoms with van der Waals surface area (Å²) in [5.74, 6) is 0.827. The molecule has 0 atom stereocenters. The summed E-state index contributed by atoms with van der Waals surface area (Å²) in [6, 6.07) is 3.81. The van der Waals surface area contributed by atoms with Gasteiger partial charge in [0, 0.05) is 32.9 Å². The minimum absolute atomic E-state index is 0.500. The quantitative estimate of drug-likeness (QED) is 0.331. The van der Waals surface area contributed by atoms with Crippen LogP contribution < -0.4 is 10.6 Å². The third-order valence-electron chi connectivity index (χ3n) is 3.99. The van der Waals surface area contributed by atoms with Crippen LogP contribution in [0.4, 0.5) is 0 Å². The molecule has 1 aliphatic carbocycles. The Morgan fingerprint density at radius 3 is 2.78 bits per heavy atom. The normalized spacial score (nSPS) is 15.8. The lowest BCUT2D eigenvalue weighted by Gasteiger charge is -2.13. The molecule has 1 fully saturated rings. The fourth-order valence-electron chi connectivity index (χ4n) is 2.68. The monoisotopic (exact) mass is 338 g/mol. The predicted molar refractivity (Wildman–Crippen MR) is 95.1 cm³/mol. The molecular weight excluding hydrogens is 312 g/mol. The number of rotatable bonds is 8. The molecule has 0 bridgehead atoms. The highest BCUT2D eigenvalue weighted by atomic mass is 35.5. The first-order chi connectivity index (χ1) is 11.3. The first kappa shape index (κ1) is 18.0. The Bertz CT molecular complexity index is 472. The van der Waals surface area contributed by atoms with Gasteiger partial charge in [-0.3, -0.25) is 4.99 Å². The molecule has 1 aromatic rings. The van der Waals surface area contributed by atoms with E-state index in [1.807, 2.05) is 12.1 Å². The Balaban J connectivity index is 1.53. The van der Waals surface area contributed by atoms with Crippen molar-refractivity contribution >= 4 is 17.6 Å². The van der Waals surface area contributed by atoms with Crippen LogP contribution >= 0.6 is 11.6 Å². The Morgan fingerprint density at radius 1 is 1.30 bits per heavy atom. The minimum Gasteiger partial charge on any atom is -0.378 e. The molecule has 1 aliphatic rings. The average molecular weight is 339 g/mol. The van der Waals surface area contributed by atoms with Crippen LogP contribution in [0.5, 0.6) is 0 Å². The molecule has 128 valence electrons. The lowest BCUT2D eigenvalue weighted by molar-refractivity contribution is 0.0574. The zero-order valence-corrected chi connectivity index (χ0v) is 14.6. The second-order valence-corrected chi connectivity index (χ2v) is 6.18. The van der Waals surface area contributed by atoms with Crippen molar-refractivity contribution in [3.8, 4) is 0 Å². The van der Waals surface area contributed by atoms with Crippen molar-refractivity contribution in [2.75, 3.05) is 26.7 Å². The molecule has 1 aromatic heterocycles. The van der Waals surface area contributed by atoms with Crippen molar-refractivity contribution in [2.45, 2.75) is 44.6 Å². The van der Waals surface area contributed by atoms with E-state index in [-0.39, 0.29) is 0 Å². The molecule has 2 rings (SSSR count). The van der Waals surface area contributed by atoms with Crippen LogP contribution in [0.25, 0.3) is 0 Å². The standard InChI is InChI=1S/C17H27ClN4O/c1-19-17(20-10-4-12-23-15-5-2-3-6-15)21-11-9-14-7-8-16(18)22-13-14/h7-8,13,15H,2-6,9-12H2,1H3,(H2,19,20,21). The first-order valence-corrected chi connectivity index (χ1v) is 8.82. The average Bonchev–Trinajstić information content (AvgIpc) is 3.08. The van der Waals surface area contributed by atoms with Crippen molar-refractivity contribution in [1.29, 1.82) is 0 Å². The summed E-state index contributed by atoms with van der Waals surface area (Å²) in [5.41, 5.74) is 1.15. The summed E-state index contributed by atoms with van der Waals surface area (Å²) in [6.07, 6.45) is 9.30. The molecule has 1 saturated carbocycles. The van der Waals surface area contributed by atoms with E-state index < -0.39 is 0 Å². The molecule has 1 heterocycles. The fraction of sp³-hybridized carbons (Fsp3) is 0.647. The zero-order chi connectivity index (χ0) is 16.3. The summed E-state index contributed by atoms with van der Waals surface area (Å²) in [7, 11) is 1.79. The zero-order valence-electron chi connectivity index (χ0n) is 13.9. The van der Waals surface area contributed by atoms with E-state index in [1.54, 1.807) is 13.2 Å². The lowest BCUT2D eigenvalue weighted by Crippen LogP contribution is -2.39. The largest absolute Gasteiger partial charge is 0.378 e. The van der Waals surface area contributed by atoms with Crippen LogP contribution in [-0.4, -0.2) is 43.8 Å². The molecule has 2 N–H and O–H groups in total. The maximum atomic E-state index is 5.85. The molecule has 0 unspecified atom stereocenters. The number of aliphatic imine (C=N–C) groups is 1. The van der Waals surface area contributed by atoms with E-state index in [4.69, 9.17) is 16.3 Å². The fourth-order valence-corrected chi connectivity index (χ4v) is 2.80. The van der Waals surface area contributed by atoms with Crippen molar-refractivity contribution in [3.05, 3.63) is 29.0 Å². The number of hydrogen-bond donors (Lipinski definition) is 2. The number of nitrogens with one attached hydrogen (secondary N) is 2. The maximum Gasteiger partial charge on any atom is 0.190 e.